The van der Waals surface area contributed by atoms with Crippen molar-refractivity contribution in [1.82, 2.24) is 9.88 Å². The van der Waals surface area contributed by atoms with E-state index in [2.05, 4.69) is 21.2 Å². The number of carbonyl (C=O) groups is 1. The van der Waals surface area contributed by atoms with Crippen LogP contribution in [0.3, 0.4) is 0 Å². The molecule has 1 unspecified atom stereocenters. The summed E-state index contributed by atoms with van der Waals surface area (Å²) in [7, 11) is 1.97. The molecule has 3 rings (SSSR count). The molecule has 0 aliphatic heterocycles. The van der Waals surface area contributed by atoms with Crippen molar-refractivity contribution >= 4 is 44.3 Å². The lowest BCUT2D eigenvalue weighted by Crippen LogP contribution is -2.28. The van der Waals surface area contributed by atoms with Gasteiger partial charge < -0.3 is 15.0 Å². The largest absolute Gasteiger partial charge is 0.387 e. The van der Waals surface area contributed by atoms with Crippen LogP contribution >= 0.6 is 27.5 Å². The lowest BCUT2D eigenvalue weighted by atomic mass is 10.1. The Bertz CT molecular complexity index is 907. The van der Waals surface area contributed by atoms with Gasteiger partial charge in [-0.2, -0.15) is 0 Å². The molecule has 1 amide bonds. The van der Waals surface area contributed by atoms with Crippen molar-refractivity contribution in [2.45, 2.75) is 6.10 Å². The van der Waals surface area contributed by atoms with E-state index >= 15 is 0 Å². The summed E-state index contributed by atoms with van der Waals surface area (Å²) in [5.74, 6) is -0.318. The van der Waals surface area contributed by atoms with E-state index in [4.69, 9.17) is 11.6 Å². The van der Waals surface area contributed by atoms with E-state index in [0.717, 1.165) is 20.9 Å². The Labute approximate surface area is 153 Å². The molecule has 6 heteroatoms. The lowest BCUT2D eigenvalue weighted by Gasteiger charge is -2.13. The minimum atomic E-state index is -0.788. The third-order valence-corrected chi connectivity index (χ3v) is 4.75. The molecule has 0 saturated carbocycles. The first-order valence-corrected chi connectivity index (χ1v) is 8.59. The van der Waals surface area contributed by atoms with Gasteiger partial charge in [-0.15, -0.1) is 0 Å². The molecule has 1 atom stereocenters. The van der Waals surface area contributed by atoms with Gasteiger partial charge in [-0.3, -0.25) is 4.79 Å². The molecule has 0 aliphatic carbocycles. The average Bonchev–Trinajstić information content (AvgIpc) is 2.95. The number of benzene rings is 2. The molecule has 1 heterocycles. The Morgan fingerprint density at radius 3 is 2.88 bits per heavy atom. The fourth-order valence-electron chi connectivity index (χ4n) is 2.58. The van der Waals surface area contributed by atoms with Gasteiger partial charge in [0.25, 0.3) is 5.91 Å². The molecule has 4 nitrogen and oxygen atoms in total. The van der Waals surface area contributed by atoms with Gasteiger partial charge in [-0.1, -0.05) is 33.6 Å². The Morgan fingerprint density at radius 1 is 1.29 bits per heavy atom. The van der Waals surface area contributed by atoms with Gasteiger partial charge >= 0.3 is 0 Å². The smallest absolute Gasteiger partial charge is 0.252 e. The van der Waals surface area contributed by atoms with Crippen LogP contribution in [0.25, 0.3) is 10.9 Å². The number of aryl methyl sites for hydroxylation is 1. The number of hydrogen-bond acceptors (Lipinski definition) is 2. The van der Waals surface area contributed by atoms with Gasteiger partial charge in [-0.25, -0.2) is 0 Å². The van der Waals surface area contributed by atoms with E-state index in [0.29, 0.717) is 10.6 Å². The van der Waals surface area contributed by atoms with Crippen LogP contribution in [0, 0.1) is 0 Å². The standard InChI is InChI=1S/C18H16BrClN2O2/c1-22-7-6-11-8-12(2-5-16(11)22)17(23)10-21-18(24)14-9-13(19)3-4-15(14)20/h2-9,17,23H,10H2,1H3,(H,21,24). The molecule has 0 aliphatic rings. The maximum absolute atomic E-state index is 12.2. The Morgan fingerprint density at radius 2 is 2.08 bits per heavy atom. The SMILES string of the molecule is Cn1ccc2cc(C(O)CNC(=O)c3cc(Br)ccc3Cl)ccc21. The molecule has 0 spiro atoms. The molecular weight excluding hydrogens is 392 g/mol. The van der Waals surface area contributed by atoms with Crippen molar-refractivity contribution in [3.63, 3.8) is 0 Å². The fraction of sp³-hybridized carbons (Fsp3) is 0.167. The highest BCUT2D eigenvalue weighted by Gasteiger charge is 2.14. The lowest BCUT2D eigenvalue weighted by molar-refractivity contribution is 0.0916. The van der Waals surface area contributed by atoms with Gasteiger partial charge in [0.1, 0.15) is 0 Å². The number of nitrogens with one attached hydrogen (secondary N) is 1. The van der Waals surface area contributed by atoms with Crippen molar-refractivity contribution in [3.05, 3.63) is 69.3 Å². The summed E-state index contributed by atoms with van der Waals surface area (Å²) in [6.07, 6.45) is 1.18. The molecule has 24 heavy (non-hydrogen) atoms. The van der Waals surface area contributed by atoms with Crippen LogP contribution in [0.15, 0.2) is 53.1 Å². The Balaban J connectivity index is 1.70. The number of carbonyl (C=O) groups excluding carboxylic acids is 1. The van der Waals surface area contributed by atoms with E-state index in [1.54, 1.807) is 18.2 Å². The van der Waals surface area contributed by atoms with Gasteiger partial charge in [0.05, 0.1) is 16.7 Å². The van der Waals surface area contributed by atoms with Crippen molar-refractivity contribution in [1.29, 1.82) is 0 Å². The molecular formula is C18H16BrClN2O2. The number of halogens is 2. The summed E-state index contributed by atoms with van der Waals surface area (Å²) in [5.41, 5.74) is 2.22. The third-order valence-electron chi connectivity index (χ3n) is 3.92. The second-order valence-electron chi connectivity index (χ2n) is 5.59. The minimum absolute atomic E-state index is 0.111. The molecule has 1 aromatic heterocycles. The maximum atomic E-state index is 12.2. The minimum Gasteiger partial charge on any atom is -0.387 e. The van der Waals surface area contributed by atoms with Gasteiger partial charge in [0.15, 0.2) is 0 Å². The van der Waals surface area contributed by atoms with Gasteiger partial charge in [0.2, 0.25) is 0 Å². The molecule has 0 radical (unpaired) electrons. The summed E-state index contributed by atoms with van der Waals surface area (Å²) < 4.78 is 2.79. The number of aliphatic hydroxyl groups excluding tert-OH is 1. The Kier molecular flexibility index (Phi) is 4.94. The Hall–Kier alpha value is -1.82. The summed E-state index contributed by atoms with van der Waals surface area (Å²) in [5, 5.41) is 14.5. The number of rotatable bonds is 4. The number of amides is 1. The van der Waals surface area contributed by atoms with Crippen molar-refractivity contribution in [2.24, 2.45) is 7.05 Å². The van der Waals surface area contributed by atoms with E-state index in [1.165, 1.54) is 0 Å². The zero-order valence-electron chi connectivity index (χ0n) is 13.0. The number of aliphatic hydroxyl groups is 1. The quantitative estimate of drug-likeness (QED) is 0.685. The molecule has 2 N–H and O–H groups in total. The first kappa shape index (κ1) is 17.0. The van der Waals surface area contributed by atoms with Crippen LogP contribution < -0.4 is 5.32 Å². The van der Waals surface area contributed by atoms with Crippen LogP contribution in [0.2, 0.25) is 5.02 Å². The van der Waals surface area contributed by atoms with E-state index in [9.17, 15) is 9.90 Å². The molecule has 124 valence electrons. The van der Waals surface area contributed by atoms with Crippen molar-refractivity contribution < 1.29 is 9.90 Å². The van der Waals surface area contributed by atoms with E-state index in [-0.39, 0.29) is 12.5 Å². The predicted octanol–water partition coefficient (Wildman–Crippen LogP) is 4.06. The summed E-state index contributed by atoms with van der Waals surface area (Å²) >= 11 is 9.36. The monoisotopic (exact) mass is 406 g/mol. The average molecular weight is 408 g/mol. The first-order valence-electron chi connectivity index (χ1n) is 7.42. The highest BCUT2D eigenvalue weighted by Crippen LogP contribution is 2.22. The van der Waals surface area contributed by atoms with Gasteiger partial charge in [0, 0.05) is 29.8 Å². The summed E-state index contributed by atoms with van der Waals surface area (Å²) in [6, 6.07) is 12.8. The first-order chi connectivity index (χ1) is 11.5. The van der Waals surface area contributed by atoms with E-state index in [1.807, 2.05) is 42.1 Å². The van der Waals surface area contributed by atoms with E-state index < -0.39 is 6.10 Å². The van der Waals surface area contributed by atoms with Crippen molar-refractivity contribution in [3.8, 4) is 0 Å². The zero-order valence-corrected chi connectivity index (χ0v) is 15.3. The highest BCUT2D eigenvalue weighted by molar-refractivity contribution is 9.10. The van der Waals surface area contributed by atoms with Gasteiger partial charge in [-0.05, 0) is 47.3 Å². The third kappa shape index (κ3) is 3.48. The number of hydrogen-bond donors (Lipinski definition) is 2. The molecule has 0 fully saturated rings. The fourth-order valence-corrected chi connectivity index (χ4v) is 3.15. The van der Waals surface area contributed by atoms with Crippen LogP contribution in [-0.2, 0) is 7.05 Å². The molecule has 2 aromatic carbocycles. The number of aromatic nitrogens is 1. The summed E-state index contributed by atoms with van der Waals surface area (Å²) in [6.45, 7) is 0.111. The second kappa shape index (κ2) is 6.97. The zero-order chi connectivity index (χ0) is 17.3. The molecule has 3 aromatic rings. The maximum Gasteiger partial charge on any atom is 0.252 e. The predicted molar refractivity (Wildman–Crippen MR) is 99.4 cm³/mol. The van der Waals surface area contributed by atoms with Crippen LogP contribution in [0.4, 0.5) is 0 Å². The molecule has 0 bridgehead atoms. The second-order valence-corrected chi connectivity index (χ2v) is 6.92. The normalized spacial score (nSPS) is 12.3. The van der Waals surface area contributed by atoms with Crippen LogP contribution in [0.5, 0.6) is 0 Å². The molecule has 0 saturated heterocycles. The topological polar surface area (TPSA) is 54.3 Å². The number of nitrogens with zero attached hydrogens (tertiary/aromatic N) is 1. The van der Waals surface area contributed by atoms with Crippen LogP contribution in [0.1, 0.15) is 22.0 Å². The highest BCUT2D eigenvalue weighted by atomic mass is 79.9. The van der Waals surface area contributed by atoms with Crippen LogP contribution in [-0.4, -0.2) is 22.1 Å². The number of fused-ring (bicyclic) bond motifs is 1. The summed E-state index contributed by atoms with van der Waals surface area (Å²) in [4.78, 5) is 12.2. The van der Waals surface area contributed by atoms with Crippen molar-refractivity contribution in [2.75, 3.05) is 6.54 Å².